The summed E-state index contributed by atoms with van der Waals surface area (Å²) < 4.78 is 22.7. The van der Waals surface area contributed by atoms with Crippen molar-refractivity contribution in [2.24, 2.45) is 0 Å². The highest BCUT2D eigenvalue weighted by Gasteiger charge is 2.25. The summed E-state index contributed by atoms with van der Waals surface area (Å²) in [6.45, 7) is 1.66. The van der Waals surface area contributed by atoms with Gasteiger partial charge < -0.3 is 5.11 Å². The van der Waals surface area contributed by atoms with Gasteiger partial charge in [-0.1, -0.05) is 0 Å². The first-order valence-corrected chi connectivity index (χ1v) is 6.97. The van der Waals surface area contributed by atoms with Crippen LogP contribution in [0.3, 0.4) is 0 Å². The Morgan fingerprint density at radius 1 is 1.50 bits per heavy atom. The minimum atomic E-state index is -3.47. The number of thiophene rings is 1. The van der Waals surface area contributed by atoms with Crippen LogP contribution in [0.2, 0.25) is 0 Å². The first-order valence-electron chi connectivity index (χ1n) is 3.47. The average Bonchev–Trinajstić information content (AvgIpc) is 2.27. The molecule has 1 heterocycles. The maximum atomic E-state index is 11.2. The monoisotopic (exact) mass is 298 g/mol. The van der Waals surface area contributed by atoms with Gasteiger partial charge in [0.05, 0.1) is 0 Å². The second-order valence-corrected chi connectivity index (χ2v) is 6.94. The van der Waals surface area contributed by atoms with Gasteiger partial charge in [0.25, 0.3) is 0 Å². The molecule has 78 valence electrons. The summed E-state index contributed by atoms with van der Waals surface area (Å²) in [5.74, 6) is -1.23. The number of hydrogen-bond donors (Lipinski definition) is 1. The van der Waals surface area contributed by atoms with E-state index < -0.39 is 15.8 Å². The van der Waals surface area contributed by atoms with E-state index in [-0.39, 0.29) is 9.77 Å². The van der Waals surface area contributed by atoms with E-state index in [2.05, 4.69) is 15.9 Å². The molecule has 0 aromatic carbocycles. The van der Waals surface area contributed by atoms with Crippen LogP contribution < -0.4 is 0 Å². The lowest BCUT2D eigenvalue weighted by Crippen LogP contribution is -2.04. The quantitative estimate of drug-likeness (QED) is 0.905. The van der Waals surface area contributed by atoms with Crippen LogP contribution in [0.1, 0.15) is 15.2 Å². The smallest absolute Gasteiger partial charge is 0.339 e. The lowest BCUT2D eigenvalue weighted by atomic mass is 10.3. The van der Waals surface area contributed by atoms with Gasteiger partial charge in [-0.15, -0.1) is 11.3 Å². The van der Waals surface area contributed by atoms with Crippen molar-refractivity contribution in [3.05, 3.63) is 14.9 Å². The second-order valence-electron chi connectivity index (χ2n) is 2.71. The Bertz CT molecular complexity index is 486. The minimum Gasteiger partial charge on any atom is -0.478 e. The standard InChI is InChI=1S/C7H7BrO4S2/c1-3-5(8)4(6(9)10)7(13-3)14(2,11)12/h1-2H3,(H,9,10). The van der Waals surface area contributed by atoms with Crippen molar-refractivity contribution in [2.75, 3.05) is 6.26 Å². The van der Waals surface area contributed by atoms with Crippen molar-refractivity contribution in [2.45, 2.75) is 11.1 Å². The van der Waals surface area contributed by atoms with Crippen LogP contribution in [0, 0.1) is 6.92 Å². The first kappa shape index (κ1) is 11.7. The predicted octanol–water partition coefficient (Wildman–Crippen LogP) is 1.92. The molecule has 0 fully saturated rings. The average molecular weight is 299 g/mol. The number of rotatable bonds is 2. The summed E-state index contributed by atoms with van der Waals surface area (Å²) in [7, 11) is -3.47. The van der Waals surface area contributed by atoms with Crippen molar-refractivity contribution in [1.29, 1.82) is 0 Å². The van der Waals surface area contributed by atoms with Gasteiger partial charge in [0, 0.05) is 15.6 Å². The number of carboxylic acids is 1. The molecule has 1 aromatic rings. The molecule has 1 N–H and O–H groups in total. The van der Waals surface area contributed by atoms with E-state index in [1.807, 2.05) is 0 Å². The third kappa shape index (κ3) is 1.99. The molecule has 0 amide bonds. The number of sulfone groups is 1. The zero-order chi connectivity index (χ0) is 11.1. The van der Waals surface area contributed by atoms with E-state index in [4.69, 9.17) is 5.11 Å². The Hall–Kier alpha value is -0.400. The molecular formula is C7H7BrO4S2. The lowest BCUT2D eigenvalue weighted by molar-refractivity contribution is 0.0692. The Balaban J connectivity index is 3.62. The van der Waals surface area contributed by atoms with Crippen molar-refractivity contribution in [1.82, 2.24) is 0 Å². The maximum absolute atomic E-state index is 11.2. The third-order valence-corrected chi connectivity index (χ3v) is 5.72. The molecule has 0 bridgehead atoms. The van der Waals surface area contributed by atoms with Gasteiger partial charge in [0.2, 0.25) is 0 Å². The number of aryl methyl sites for hydroxylation is 1. The highest BCUT2D eigenvalue weighted by Crippen LogP contribution is 2.35. The minimum absolute atomic E-state index is 0.102. The van der Waals surface area contributed by atoms with E-state index in [1.165, 1.54) is 0 Å². The fourth-order valence-electron chi connectivity index (χ4n) is 0.943. The molecule has 0 aliphatic carbocycles. The SMILES string of the molecule is Cc1sc(S(C)(=O)=O)c(C(=O)O)c1Br. The zero-order valence-electron chi connectivity index (χ0n) is 7.37. The van der Waals surface area contributed by atoms with E-state index in [9.17, 15) is 13.2 Å². The van der Waals surface area contributed by atoms with Crippen LogP contribution in [0.15, 0.2) is 8.68 Å². The molecule has 7 heteroatoms. The van der Waals surface area contributed by atoms with Crippen LogP contribution in [-0.4, -0.2) is 25.7 Å². The number of carboxylic acid groups (broad SMARTS) is 1. The third-order valence-electron chi connectivity index (χ3n) is 1.53. The van der Waals surface area contributed by atoms with Crippen molar-refractivity contribution >= 4 is 43.1 Å². The van der Waals surface area contributed by atoms with Crippen LogP contribution >= 0.6 is 27.3 Å². The summed E-state index contributed by atoms with van der Waals surface area (Å²) in [4.78, 5) is 11.5. The van der Waals surface area contributed by atoms with Crippen LogP contribution in [0.25, 0.3) is 0 Å². The van der Waals surface area contributed by atoms with Crippen LogP contribution in [0.4, 0.5) is 0 Å². The largest absolute Gasteiger partial charge is 0.478 e. The van der Waals surface area contributed by atoms with E-state index in [0.717, 1.165) is 17.6 Å². The molecule has 1 aromatic heterocycles. The van der Waals surface area contributed by atoms with Gasteiger partial charge in [-0.2, -0.15) is 0 Å². The molecule has 4 nitrogen and oxygen atoms in total. The highest BCUT2D eigenvalue weighted by atomic mass is 79.9. The highest BCUT2D eigenvalue weighted by molar-refractivity contribution is 9.10. The fourth-order valence-corrected chi connectivity index (χ4v) is 4.12. The van der Waals surface area contributed by atoms with Gasteiger partial charge in [-0.05, 0) is 22.9 Å². The number of hydrogen-bond acceptors (Lipinski definition) is 4. The van der Waals surface area contributed by atoms with Crippen molar-refractivity contribution in [3.63, 3.8) is 0 Å². The molecule has 0 saturated heterocycles. The van der Waals surface area contributed by atoms with E-state index in [1.54, 1.807) is 6.92 Å². The summed E-state index contributed by atoms with van der Waals surface area (Å²) in [5, 5.41) is 8.84. The molecule has 0 aliphatic heterocycles. The van der Waals surface area contributed by atoms with Crippen molar-refractivity contribution in [3.8, 4) is 0 Å². The fraction of sp³-hybridized carbons (Fsp3) is 0.286. The Morgan fingerprint density at radius 3 is 2.29 bits per heavy atom. The molecule has 0 atom stereocenters. The lowest BCUT2D eigenvalue weighted by Gasteiger charge is -1.96. The van der Waals surface area contributed by atoms with E-state index >= 15 is 0 Å². The maximum Gasteiger partial charge on any atom is 0.339 e. The summed E-state index contributed by atoms with van der Waals surface area (Å²) in [6.07, 6.45) is 0.997. The molecule has 0 spiro atoms. The molecule has 1 rings (SSSR count). The van der Waals surface area contributed by atoms with Crippen molar-refractivity contribution < 1.29 is 18.3 Å². The molecule has 0 unspecified atom stereocenters. The second kappa shape index (κ2) is 3.63. The summed E-state index contributed by atoms with van der Waals surface area (Å²) in [6, 6.07) is 0. The topological polar surface area (TPSA) is 71.4 Å². The normalized spacial score (nSPS) is 11.6. The number of carbonyl (C=O) groups is 1. The Labute approximate surface area is 93.6 Å². The summed E-state index contributed by atoms with van der Waals surface area (Å²) >= 11 is 4.02. The van der Waals surface area contributed by atoms with Gasteiger partial charge in [0.1, 0.15) is 9.77 Å². The Morgan fingerprint density at radius 2 is 2.00 bits per heavy atom. The molecule has 0 radical (unpaired) electrons. The first-order chi connectivity index (χ1) is 6.25. The Kier molecular flexibility index (Phi) is 3.03. The zero-order valence-corrected chi connectivity index (χ0v) is 10.6. The van der Waals surface area contributed by atoms with Gasteiger partial charge in [-0.25, -0.2) is 13.2 Å². The molecule has 0 aliphatic rings. The molecular weight excluding hydrogens is 292 g/mol. The van der Waals surface area contributed by atoms with Gasteiger partial charge in [0.15, 0.2) is 9.84 Å². The summed E-state index contributed by atoms with van der Waals surface area (Å²) in [5.41, 5.74) is -0.171. The molecule has 14 heavy (non-hydrogen) atoms. The van der Waals surface area contributed by atoms with Gasteiger partial charge >= 0.3 is 5.97 Å². The predicted molar refractivity (Wildman–Crippen MR) is 56.8 cm³/mol. The van der Waals surface area contributed by atoms with Crippen LogP contribution in [-0.2, 0) is 9.84 Å². The van der Waals surface area contributed by atoms with Gasteiger partial charge in [-0.3, -0.25) is 0 Å². The van der Waals surface area contributed by atoms with E-state index in [0.29, 0.717) is 9.35 Å². The van der Waals surface area contributed by atoms with Crippen LogP contribution in [0.5, 0.6) is 0 Å². The number of halogens is 1. The molecule has 0 saturated carbocycles. The number of aromatic carboxylic acids is 1.